The molecule has 0 unspecified atom stereocenters. The van der Waals surface area contributed by atoms with E-state index in [0.717, 1.165) is 16.0 Å². The van der Waals surface area contributed by atoms with E-state index >= 15 is 0 Å². The van der Waals surface area contributed by atoms with Crippen LogP contribution < -0.4 is 20.5 Å². The molecule has 3 N–H and O–H groups in total. The molecule has 0 fully saturated rings. The predicted octanol–water partition coefficient (Wildman–Crippen LogP) is 3.59. The van der Waals surface area contributed by atoms with Crippen LogP contribution in [0.5, 0.6) is 11.5 Å². The van der Waals surface area contributed by atoms with Crippen molar-refractivity contribution < 1.29 is 14.3 Å². The van der Waals surface area contributed by atoms with Gasteiger partial charge in [-0.1, -0.05) is 0 Å². The maximum absolute atomic E-state index is 12.5. The lowest BCUT2D eigenvalue weighted by Gasteiger charge is -2.10. The molecule has 0 spiro atoms. The lowest BCUT2D eigenvalue weighted by Crippen LogP contribution is -2.15. The summed E-state index contributed by atoms with van der Waals surface area (Å²) in [5.41, 5.74) is 8.34. The zero-order valence-electron chi connectivity index (χ0n) is 14.5. The number of nitrogen functional groups attached to an aromatic ring is 1. The Morgan fingerprint density at radius 3 is 2.62 bits per heavy atom. The van der Waals surface area contributed by atoms with Crippen LogP contribution in [0.3, 0.4) is 0 Å². The highest BCUT2D eigenvalue weighted by Crippen LogP contribution is 2.37. The molecule has 0 atom stereocenters. The summed E-state index contributed by atoms with van der Waals surface area (Å²) in [6, 6.07) is 11.0. The van der Waals surface area contributed by atoms with Crippen molar-refractivity contribution in [1.29, 1.82) is 0 Å². The van der Waals surface area contributed by atoms with Crippen LogP contribution in [0.4, 0.5) is 10.7 Å². The van der Waals surface area contributed by atoms with Gasteiger partial charge in [0.1, 0.15) is 16.5 Å². The van der Waals surface area contributed by atoms with Crippen LogP contribution in [0.25, 0.3) is 10.4 Å². The highest BCUT2D eigenvalue weighted by Gasteiger charge is 2.14. The summed E-state index contributed by atoms with van der Waals surface area (Å²) in [7, 11) is 3.15. The van der Waals surface area contributed by atoms with Gasteiger partial charge in [0.2, 0.25) is 5.91 Å². The minimum absolute atomic E-state index is 0.155. The van der Waals surface area contributed by atoms with Crippen molar-refractivity contribution in [2.75, 3.05) is 25.3 Å². The van der Waals surface area contributed by atoms with Crippen LogP contribution in [-0.2, 0) is 11.2 Å². The fraction of sp³-hybridized carbons (Fsp3) is 0.158. The van der Waals surface area contributed by atoms with Gasteiger partial charge in [0.05, 0.1) is 26.3 Å². The fourth-order valence-corrected chi connectivity index (χ4v) is 3.53. The number of ether oxygens (including phenoxy) is 2. The van der Waals surface area contributed by atoms with Crippen LogP contribution >= 0.6 is 11.3 Å². The molecule has 7 heteroatoms. The highest BCUT2D eigenvalue weighted by atomic mass is 32.1. The third kappa shape index (κ3) is 3.94. The third-order valence-corrected chi connectivity index (χ3v) is 4.93. The normalized spacial score (nSPS) is 10.4. The Kier molecular flexibility index (Phi) is 5.38. The second kappa shape index (κ2) is 7.88. The first kappa shape index (κ1) is 17.8. The molecule has 6 nitrogen and oxygen atoms in total. The maximum atomic E-state index is 12.5. The summed E-state index contributed by atoms with van der Waals surface area (Å²) in [5, 5.41) is 3.51. The molecule has 1 aromatic carbocycles. The molecule has 1 amide bonds. The van der Waals surface area contributed by atoms with Gasteiger partial charge in [-0.3, -0.25) is 9.78 Å². The molecule has 0 aliphatic heterocycles. The van der Waals surface area contributed by atoms with Crippen molar-refractivity contribution in [3.63, 3.8) is 0 Å². The van der Waals surface area contributed by atoms with E-state index in [9.17, 15) is 4.79 Å². The molecule has 134 valence electrons. The molecule has 3 aromatic rings. The number of nitrogens with one attached hydrogen (secondary N) is 1. The number of methoxy groups -OCH3 is 2. The standard InChI is InChI=1S/C19H19N3O3S/c1-24-14-3-4-16(25-2)13(9-14)10-18(23)22-19-15(20)11-17(26-19)12-5-7-21-8-6-12/h3-9,11H,10,20H2,1-2H3,(H,22,23). The minimum atomic E-state index is -0.175. The van der Waals surface area contributed by atoms with Crippen LogP contribution in [0.15, 0.2) is 48.8 Å². The Bertz CT molecular complexity index is 910. The summed E-state index contributed by atoms with van der Waals surface area (Å²) in [5.74, 6) is 1.13. The Morgan fingerprint density at radius 2 is 1.92 bits per heavy atom. The van der Waals surface area contributed by atoms with Gasteiger partial charge >= 0.3 is 0 Å². The Hall–Kier alpha value is -3.06. The number of amides is 1. The van der Waals surface area contributed by atoms with E-state index < -0.39 is 0 Å². The first-order valence-electron chi connectivity index (χ1n) is 7.91. The monoisotopic (exact) mass is 369 g/mol. The summed E-state index contributed by atoms with van der Waals surface area (Å²) in [6.07, 6.45) is 3.60. The van der Waals surface area contributed by atoms with Crippen LogP contribution in [0.2, 0.25) is 0 Å². The minimum Gasteiger partial charge on any atom is -0.497 e. The molecule has 2 aromatic heterocycles. The molecule has 2 heterocycles. The molecule has 0 saturated heterocycles. The van der Waals surface area contributed by atoms with Crippen molar-refractivity contribution in [1.82, 2.24) is 4.98 Å². The molecule has 26 heavy (non-hydrogen) atoms. The number of thiophene rings is 1. The molecule has 0 saturated carbocycles. The van der Waals surface area contributed by atoms with Gasteiger partial charge in [0.15, 0.2) is 0 Å². The molecule has 0 aliphatic carbocycles. The number of anilines is 2. The topological polar surface area (TPSA) is 86.5 Å². The van der Waals surface area contributed by atoms with Gasteiger partial charge in [-0.05, 0) is 42.0 Å². The maximum Gasteiger partial charge on any atom is 0.229 e. The molecular weight excluding hydrogens is 350 g/mol. The second-order valence-electron chi connectivity index (χ2n) is 5.53. The number of carbonyl (C=O) groups excluding carboxylic acids is 1. The summed E-state index contributed by atoms with van der Waals surface area (Å²) in [6.45, 7) is 0. The van der Waals surface area contributed by atoms with Crippen LogP contribution in [0.1, 0.15) is 5.56 Å². The van der Waals surface area contributed by atoms with Crippen molar-refractivity contribution >= 4 is 27.9 Å². The van der Waals surface area contributed by atoms with Crippen LogP contribution in [0, 0.1) is 0 Å². The van der Waals surface area contributed by atoms with E-state index in [0.29, 0.717) is 22.2 Å². The number of hydrogen-bond acceptors (Lipinski definition) is 6. The number of pyridine rings is 1. The van der Waals surface area contributed by atoms with E-state index in [1.54, 1.807) is 44.8 Å². The number of benzene rings is 1. The summed E-state index contributed by atoms with van der Waals surface area (Å²) in [4.78, 5) is 17.5. The van der Waals surface area contributed by atoms with Crippen molar-refractivity contribution in [3.8, 4) is 21.9 Å². The predicted molar refractivity (Wildman–Crippen MR) is 104 cm³/mol. The fourth-order valence-electron chi connectivity index (χ4n) is 2.53. The largest absolute Gasteiger partial charge is 0.497 e. The average Bonchev–Trinajstić information content (AvgIpc) is 3.02. The first-order chi connectivity index (χ1) is 12.6. The molecule has 0 bridgehead atoms. The van der Waals surface area contributed by atoms with Gasteiger partial charge < -0.3 is 20.5 Å². The van der Waals surface area contributed by atoms with E-state index in [1.165, 1.54) is 11.3 Å². The number of nitrogens with zero attached hydrogens (tertiary/aromatic N) is 1. The number of aromatic nitrogens is 1. The van der Waals surface area contributed by atoms with E-state index in [4.69, 9.17) is 15.2 Å². The number of nitrogens with two attached hydrogens (primary N) is 1. The van der Waals surface area contributed by atoms with E-state index in [1.807, 2.05) is 18.2 Å². The number of carbonyl (C=O) groups is 1. The lowest BCUT2D eigenvalue weighted by molar-refractivity contribution is -0.115. The van der Waals surface area contributed by atoms with Gasteiger partial charge in [-0.25, -0.2) is 0 Å². The van der Waals surface area contributed by atoms with Gasteiger partial charge in [0.25, 0.3) is 0 Å². The summed E-state index contributed by atoms with van der Waals surface area (Å²) < 4.78 is 10.5. The van der Waals surface area contributed by atoms with Crippen molar-refractivity contribution in [2.24, 2.45) is 0 Å². The molecular formula is C19H19N3O3S. The second-order valence-corrected chi connectivity index (χ2v) is 6.59. The summed E-state index contributed by atoms with van der Waals surface area (Å²) >= 11 is 1.43. The zero-order valence-corrected chi connectivity index (χ0v) is 15.3. The van der Waals surface area contributed by atoms with Crippen molar-refractivity contribution in [2.45, 2.75) is 6.42 Å². The van der Waals surface area contributed by atoms with E-state index in [2.05, 4.69) is 10.3 Å². The quantitative estimate of drug-likeness (QED) is 0.693. The third-order valence-electron chi connectivity index (χ3n) is 3.82. The SMILES string of the molecule is COc1ccc(OC)c(CC(=O)Nc2sc(-c3ccncc3)cc2N)c1. The van der Waals surface area contributed by atoms with Crippen LogP contribution in [-0.4, -0.2) is 25.1 Å². The Balaban J connectivity index is 1.76. The zero-order chi connectivity index (χ0) is 18.5. The van der Waals surface area contributed by atoms with Gasteiger partial charge in [-0.15, -0.1) is 11.3 Å². The van der Waals surface area contributed by atoms with Crippen molar-refractivity contribution in [3.05, 3.63) is 54.4 Å². The first-order valence-corrected chi connectivity index (χ1v) is 8.73. The lowest BCUT2D eigenvalue weighted by atomic mass is 10.1. The number of hydrogen-bond donors (Lipinski definition) is 2. The Morgan fingerprint density at radius 1 is 1.15 bits per heavy atom. The van der Waals surface area contributed by atoms with E-state index in [-0.39, 0.29) is 12.3 Å². The average molecular weight is 369 g/mol. The molecule has 0 aliphatic rings. The van der Waals surface area contributed by atoms with Gasteiger partial charge in [-0.2, -0.15) is 0 Å². The number of rotatable bonds is 6. The smallest absolute Gasteiger partial charge is 0.229 e. The molecule has 3 rings (SSSR count). The molecule has 0 radical (unpaired) electrons. The highest BCUT2D eigenvalue weighted by molar-refractivity contribution is 7.20. The Labute approximate surface area is 155 Å². The van der Waals surface area contributed by atoms with Gasteiger partial charge in [0, 0.05) is 22.8 Å².